The van der Waals surface area contributed by atoms with E-state index in [1.807, 2.05) is 12.3 Å². The molecule has 0 radical (unpaired) electrons. The van der Waals surface area contributed by atoms with E-state index < -0.39 is 0 Å². The summed E-state index contributed by atoms with van der Waals surface area (Å²) in [5.74, 6) is 1.02. The van der Waals surface area contributed by atoms with Crippen LogP contribution in [0, 0.1) is 0 Å². The van der Waals surface area contributed by atoms with Gasteiger partial charge in [0.25, 0.3) is 0 Å². The lowest BCUT2D eigenvalue weighted by Gasteiger charge is -2.15. The molecule has 4 nitrogen and oxygen atoms in total. The van der Waals surface area contributed by atoms with Crippen LogP contribution in [-0.4, -0.2) is 19.3 Å². The van der Waals surface area contributed by atoms with Gasteiger partial charge in [-0.3, -0.25) is 4.68 Å². The van der Waals surface area contributed by atoms with Crippen LogP contribution in [0.4, 0.5) is 0 Å². The Bertz CT molecular complexity index is 756. The molecule has 5 heteroatoms. The van der Waals surface area contributed by atoms with Crippen LogP contribution in [0.15, 0.2) is 34.9 Å². The van der Waals surface area contributed by atoms with Gasteiger partial charge in [0.1, 0.15) is 5.69 Å². The van der Waals surface area contributed by atoms with E-state index in [-0.39, 0.29) is 0 Å². The number of nitrogens with zero attached hydrogens (tertiary/aromatic N) is 4. The summed E-state index contributed by atoms with van der Waals surface area (Å²) in [4.78, 5) is 4.80. The molecule has 19 heavy (non-hydrogen) atoms. The Hall–Kier alpha value is -1.62. The molecule has 0 fully saturated rings. The molecule has 1 aliphatic rings. The molecule has 3 aromatic rings. The van der Waals surface area contributed by atoms with Crippen LogP contribution in [0.1, 0.15) is 12.8 Å². The molecular formula is C14H13BrN4. The Morgan fingerprint density at radius 1 is 1.11 bits per heavy atom. The van der Waals surface area contributed by atoms with Crippen molar-refractivity contribution in [1.82, 2.24) is 19.3 Å². The lowest BCUT2D eigenvalue weighted by atomic mass is 10.2. The molecule has 0 spiro atoms. The van der Waals surface area contributed by atoms with Gasteiger partial charge in [-0.15, -0.1) is 0 Å². The van der Waals surface area contributed by atoms with Gasteiger partial charge < -0.3 is 4.57 Å². The van der Waals surface area contributed by atoms with Crippen molar-refractivity contribution in [3.63, 3.8) is 0 Å². The normalized spacial score (nSPS) is 14.8. The first-order chi connectivity index (χ1) is 9.34. The highest BCUT2D eigenvalue weighted by molar-refractivity contribution is 9.10. The van der Waals surface area contributed by atoms with Gasteiger partial charge in [0.05, 0.1) is 21.7 Å². The summed E-state index contributed by atoms with van der Waals surface area (Å²) < 4.78 is 5.39. The molecule has 0 amide bonds. The zero-order chi connectivity index (χ0) is 12.8. The molecule has 4 rings (SSSR count). The summed E-state index contributed by atoms with van der Waals surface area (Å²) in [6, 6.07) is 8.32. The third-order valence-electron chi connectivity index (χ3n) is 3.66. The van der Waals surface area contributed by atoms with Gasteiger partial charge in [0.15, 0.2) is 5.82 Å². The molecule has 2 aromatic heterocycles. The van der Waals surface area contributed by atoms with Crippen LogP contribution in [0.2, 0.25) is 0 Å². The Morgan fingerprint density at radius 3 is 2.89 bits per heavy atom. The number of hydrogen-bond donors (Lipinski definition) is 0. The zero-order valence-electron chi connectivity index (χ0n) is 10.4. The second kappa shape index (κ2) is 4.20. The van der Waals surface area contributed by atoms with E-state index in [1.54, 1.807) is 0 Å². The maximum atomic E-state index is 4.80. The average Bonchev–Trinajstić information content (AvgIpc) is 2.92. The molecule has 0 atom stereocenters. The highest BCUT2D eigenvalue weighted by Crippen LogP contribution is 2.32. The van der Waals surface area contributed by atoms with Crippen LogP contribution >= 0.6 is 15.9 Å². The number of hydrogen-bond acceptors (Lipinski definition) is 2. The fourth-order valence-corrected chi connectivity index (χ4v) is 3.24. The molecule has 0 N–H and O–H groups in total. The molecule has 0 saturated carbocycles. The predicted octanol–water partition coefficient (Wildman–Crippen LogP) is 3.46. The van der Waals surface area contributed by atoms with Crippen LogP contribution in [0.25, 0.3) is 22.6 Å². The summed E-state index contributed by atoms with van der Waals surface area (Å²) in [6.07, 6.45) is 4.17. The third-order valence-corrected chi connectivity index (χ3v) is 4.24. The highest BCUT2D eigenvalue weighted by atomic mass is 79.9. The molecule has 96 valence electrons. The van der Waals surface area contributed by atoms with E-state index in [4.69, 9.17) is 4.98 Å². The third kappa shape index (κ3) is 1.64. The molecular weight excluding hydrogens is 304 g/mol. The molecule has 0 unspecified atom stereocenters. The SMILES string of the molecule is Brc1cnn2c1-c1nc3ccccc3n1CCCC2. The number of para-hydroxylation sites is 2. The van der Waals surface area contributed by atoms with Gasteiger partial charge in [0, 0.05) is 13.1 Å². The quantitative estimate of drug-likeness (QED) is 0.636. The topological polar surface area (TPSA) is 35.6 Å². The first-order valence-electron chi connectivity index (χ1n) is 6.51. The summed E-state index contributed by atoms with van der Waals surface area (Å²) in [6.45, 7) is 1.98. The van der Waals surface area contributed by atoms with Crippen LogP contribution in [0.3, 0.4) is 0 Å². The monoisotopic (exact) mass is 316 g/mol. The van der Waals surface area contributed by atoms with Crippen LogP contribution in [-0.2, 0) is 13.1 Å². The van der Waals surface area contributed by atoms with Crippen molar-refractivity contribution in [1.29, 1.82) is 0 Å². The smallest absolute Gasteiger partial charge is 0.160 e. The minimum Gasteiger partial charge on any atom is -0.323 e. The highest BCUT2D eigenvalue weighted by Gasteiger charge is 2.20. The maximum absolute atomic E-state index is 4.80. The van der Waals surface area contributed by atoms with Gasteiger partial charge in [-0.05, 0) is 40.9 Å². The van der Waals surface area contributed by atoms with Crippen molar-refractivity contribution < 1.29 is 0 Å². The first-order valence-corrected chi connectivity index (χ1v) is 7.31. The van der Waals surface area contributed by atoms with Crippen LogP contribution < -0.4 is 0 Å². The second-order valence-corrected chi connectivity index (χ2v) is 5.70. The lowest BCUT2D eigenvalue weighted by molar-refractivity contribution is 0.512. The minimum absolute atomic E-state index is 0.962. The second-order valence-electron chi connectivity index (χ2n) is 4.85. The summed E-state index contributed by atoms with van der Waals surface area (Å²) in [5, 5.41) is 4.44. The van der Waals surface area contributed by atoms with Crippen molar-refractivity contribution in [2.24, 2.45) is 0 Å². The summed E-state index contributed by atoms with van der Waals surface area (Å²) >= 11 is 3.60. The van der Waals surface area contributed by atoms with E-state index in [1.165, 1.54) is 5.52 Å². The Labute approximate surface area is 119 Å². The van der Waals surface area contributed by atoms with E-state index >= 15 is 0 Å². The Balaban J connectivity index is 2.08. The number of imidazole rings is 1. The van der Waals surface area contributed by atoms with Gasteiger partial charge in [-0.25, -0.2) is 4.98 Å². The van der Waals surface area contributed by atoms with Gasteiger partial charge in [0.2, 0.25) is 0 Å². The molecule has 0 bridgehead atoms. The fourth-order valence-electron chi connectivity index (χ4n) is 2.77. The van der Waals surface area contributed by atoms with E-state index in [0.717, 1.165) is 47.4 Å². The standard InChI is InChI=1S/C14H13BrN4/c15-10-9-16-19-8-4-3-7-18-12-6-2-1-5-11(12)17-14(18)13(10)19/h1-2,5-6,9H,3-4,7-8H2. The number of benzene rings is 1. The summed E-state index contributed by atoms with van der Waals surface area (Å²) in [5.41, 5.74) is 3.36. The van der Waals surface area contributed by atoms with Crippen molar-refractivity contribution in [3.05, 3.63) is 34.9 Å². The first kappa shape index (κ1) is 11.2. The maximum Gasteiger partial charge on any atom is 0.160 e. The number of rotatable bonds is 0. The number of halogens is 1. The minimum atomic E-state index is 0.962. The van der Waals surface area contributed by atoms with Crippen molar-refractivity contribution in [3.8, 4) is 11.5 Å². The zero-order valence-corrected chi connectivity index (χ0v) is 12.0. The predicted molar refractivity (Wildman–Crippen MR) is 77.9 cm³/mol. The Kier molecular flexibility index (Phi) is 2.48. The Morgan fingerprint density at radius 2 is 1.95 bits per heavy atom. The molecule has 0 saturated heterocycles. The van der Waals surface area contributed by atoms with E-state index in [2.05, 4.69) is 48.5 Å². The van der Waals surface area contributed by atoms with Crippen molar-refractivity contribution >= 4 is 27.0 Å². The fraction of sp³-hybridized carbons (Fsp3) is 0.286. The molecule has 0 aliphatic carbocycles. The van der Waals surface area contributed by atoms with E-state index in [0.29, 0.717) is 0 Å². The summed E-state index contributed by atoms with van der Waals surface area (Å²) in [7, 11) is 0. The molecule has 1 aliphatic heterocycles. The number of fused-ring (bicyclic) bond motifs is 5. The molecule has 1 aromatic carbocycles. The number of aryl methyl sites for hydroxylation is 2. The van der Waals surface area contributed by atoms with E-state index in [9.17, 15) is 0 Å². The van der Waals surface area contributed by atoms with Crippen LogP contribution in [0.5, 0.6) is 0 Å². The average molecular weight is 317 g/mol. The molecule has 3 heterocycles. The van der Waals surface area contributed by atoms with Gasteiger partial charge in [-0.2, -0.15) is 5.10 Å². The number of aromatic nitrogens is 4. The lowest BCUT2D eigenvalue weighted by Crippen LogP contribution is -2.11. The van der Waals surface area contributed by atoms with Crippen molar-refractivity contribution in [2.75, 3.05) is 0 Å². The van der Waals surface area contributed by atoms with Gasteiger partial charge in [-0.1, -0.05) is 12.1 Å². The van der Waals surface area contributed by atoms with Crippen molar-refractivity contribution in [2.45, 2.75) is 25.9 Å². The largest absolute Gasteiger partial charge is 0.323 e. The van der Waals surface area contributed by atoms with Gasteiger partial charge >= 0.3 is 0 Å².